The lowest BCUT2D eigenvalue weighted by Gasteiger charge is -2.19. The van der Waals surface area contributed by atoms with Gasteiger partial charge in [-0.15, -0.1) is 0 Å². The molecule has 0 radical (unpaired) electrons. The first-order chi connectivity index (χ1) is 7.22. The van der Waals surface area contributed by atoms with Crippen molar-refractivity contribution >= 4 is 5.91 Å². The summed E-state index contributed by atoms with van der Waals surface area (Å²) in [6, 6.07) is 0.506. The highest BCUT2D eigenvalue weighted by Crippen LogP contribution is 2.32. The molecule has 2 aliphatic rings. The van der Waals surface area contributed by atoms with Crippen molar-refractivity contribution in [3.8, 4) is 0 Å². The molecule has 3 unspecified atom stereocenters. The molecule has 1 saturated heterocycles. The minimum absolute atomic E-state index is 0.0174. The minimum atomic E-state index is -0.0174. The number of hydrogen-bond donors (Lipinski definition) is 2. The van der Waals surface area contributed by atoms with Gasteiger partial charge in [0.1, 0.15) is 0 Å². The predicted octanol–water partition coefficient (Wildman–Crippen LogP) is 0.135. The van der Waals surface area contributed by atoms with Crippen LogP contribution < -0.4 is 10.6 Å². The van der Waals surface area contributed by atoms with Gasteiger partial charge in [0, 0.05) is 12.1 Å². The largest absolute Gasteiger partial charge is 0.379 e. The number of rotatable bonds is 4. The van der Waals surface area contributed by atoms with Crippen LogP contribution in [0.4, 0.5) is 0 Å². The summed E-state index contributed by atoms with van der Waals surface area (Å²) in [4.78, 5) is 11.9. The van der Waals surface area contributed by atoms with Crippen LogP contribution in [-0.2, 0) is 9.53 Å². The Morgan fingerprint density at radius 2 is 2.13 bits per heavy atom. The number of ether oxygens (including phenoxy) is 1. The number of carbonyl (C=O) groups is 1. The van der Waals surface area contributed by atoms with Crippen LogP contribution >= 0.6 is 0 Å². The van der Waals surface area contributed by atoms with Crippen molar-refractivity contribution < 1.29 is 9.53 Å². The van der Waals surface area contributed by atoms with E-state index in [2.05, 4.69) is 17.6 Å². The van der Waals surface area contributed by atoms with Crippen LogP contribution in [-0.4, -0.2) is 38.3 Å². The minimum Gasteiger partial charge on any atom is -0.379 e. The molecule has 4 heteroatoms. The molecule has 1 aliphatic carbocycles. The van der Waals surface area contributed by atoms with Crippen LogP contribution in [0.3, 0.4) is 0 Å². The molecule has 1 heterocycles. The van der Waals surface area contributed by atoms with Crippen molar-refractivity contribution in [2.24, 2.45) is 11.8 Å². The summed E-state index contributed by atoms with van der Waals surface area (Å²) < 4.78 is 5.32. The first-order valence-electron chi connectivity index (χ1n) is 5.77. The van der Waals surface area contributed by atoms with Crippen LogP contribution in [0.15, 0.2) is 0 Å². The second-order valence-electron chi connectivity index (χ2n) is 4.67. The van der Waals surface area contributed by atoms with Gasteiger partial charge in [-0.05, 0) is 32.7 Å². The fourth-order valence-corrected chi connectivity index (χ4v) is 2.14. The number of carbonyl (C=O) groups excluding carboxylic acids is 1. The molecule has 15 heavy (non-hydrogen) atoms. The van der Waals surface area contributed by atoms with Gasteiger partial charge in [0.05, 0.1) is 19.1 Å². The number of nitrogens with one attached hydrogen (secondary N) is 2. The van der Waals surface area contributed by atoms with Crippen LogP contribution in [0.2, 0.25) is 0 Å². The van der Waals surface area contributed by atoms with E-state index in [0.29, 0.717) is 25.2 Å². The maximum atomic E-state index is 11.9. The molecular formula is C11H20N2O2. The highest BCUT2D eigenvalue weighted by Gasteiger charge is 2.35. The lowest BCUT2D eigenvalue weighted by atomic mass is 10.0. The van der Waals surface area contributed by atoms with Crippen molar-refractivity contribution in [3.05, 3.63) is 0 Å². The highest BCUT2D eigenvalue weighted by molar-refractivity contribution is 5.80. The van der Waals surface area contributed by atoms with Crippen molar-refractivity contribution in [1.29, 1.82) is 0 Å². The third-order valence-electron chi connectivity index (χ3n) is 3.49. The zero-order valence-electron chi connectivity index (χ0n) is 9.45. The Hall–Kier alpha value is -0.610. The second kappa shape index (κ2) is 4.49. The molecule has 0 spiro atoms. The van der Waals surface area contributed by atoms with Gasteiger partial charge in [0.15, 0.2) is 0 Å². The third kappa shape index (κ3) is 2.49. The summed E-state index contributed by atoms with van der Waals surface area (Å²) in [5.74, 6) is 0.840. The molecule has 1 amide bonds. The van der Waals surface area contributed by atoms with E-state index in [0.717, 1.165) is 0 Å². The molecule has 0 bridgehead atoms. The molecule has 3 atom stereocenters. The summed E-state index contributed by atoms with van der Waals surface area (Å²) in [5, 5.41) is 6.22. The second-order valence-corrected chi connectivity index (χ2v) is 4.67. The number of likely N-dealkylation sites (N-methyl/N-ethyl adjacent to an activating group) is 1. The van der Waals surface area contributed by atoms with Crippen LogP contribution in [0.25, 0.3) is 0 Å². The fourth-order valence-electron chi connectivity index (χ4n) is 2.14. The molecule has 1 aliphatic heterocycles. The van der Waals surface area contributed by atoms with Gasteiger partial charge in [0.2, 0.25) is 5.91 Å². The normalized spacial score (nSPS) is 32.7. The molecule has 2 fully saturated rings. The molecule has 0 aromatic heterocycles. The number of hydrogen-bond acceptors (Lipinski definition) is 3. The highest BCUT2D eigenvalue weighted by atomic mass is 16.5. The lowest BCUT2D eigenvalue weighted by Crippen LogP contribution is -2.45. The van der Waals surface area contributed by atoms with Gasteiger partial charge >= 0.3 is 0 Å². The molecule has 2 N–H and O–H groups in total. The first-order valence-corrected chi connectivity index (χ1v) is 5.77. The molecule has 2 rings (SSSR count). The van der Waals surface area contributed by atoms with Crippen LogP contribution in [0.1, 0.15) is 19.8 Å². The van der Waals surface area contributed by atoms with Gasteiger partial charge in [-0.1, -0.05) is 0 Å². The van der Waals surface area contributed by atoms with Gasteiger partial charge in [0.25, 0.3) is 0 Å². The standard InChI is InChI=1S/C11H20N2O2/c1-7(8-3-4-8)13-11(14)9-5-15-6-10(9)12-2/h7-10,12H,3-6H2,1-2H3,(H,13,14). The van der Waals surface area contributed by atoms with E-state index in [9.17, 15) is 4.79 Å². The lowest BCUT2D eigenvalue weighted by molar-refractivity contribution is -0.126. The van der Waals surface area contributed by atoms with Crippen molar-refractivity contribution in [1.82, 2.24) is 10.6 Å². The van der Waals surface area contributed by atoms with Crippen molar-refractivity contribution in [2.45, 2.75) is 31.8 Å². The average Bonchev–Trinajstić information content (AvgIpc) is 2.96. The zero-order chi connectivity index (χ0) is 10.8. The Morgan fingerprint density at radius 3 is 2.73 bits per heavy atom. The Balaban J connectivity index is 1.83. The Morgan fingerprint density at radius 1 is 1.40 bits per heavy atom. The Labute approximate surface area is 90.8 Å². The van der Waals surface area contributed by atoms with E-state index < -0.39 is 0 Å². The summed E-state index contributed by atoms with van der Waals surface area (Å²) in [6.45, 7) is 3.29. The summed E-state index contributed by atoms with van der Waals surface area (Å²) in [6.07, 6.45) is 2.52. The average molecular weight is 212 g/mol. The maximum absolute atomic E-state index is 11.9. The smallest absolute Gasteiger partial charge is 0.227 e. The van der Waals surface area contributed by atoms with Crippen molar-refractivity contribution in [3.63, 3.8) is 0 Å². The third-order valence-corrected chi connectivity index (χ3v) is 3.49. The molecule has 86 valence electrons. The molecule has 0 aromatic carbocycles. The van der Waals surface area contributed by atoms with Crippen LogP contribution in [0.5, 0.6) is 0 Å². The van der Waals surface area contributed by atoms with Gasteiger partial charge in [-0.2, -0.15) is 0 Å². The molecular weight excluding hydrogens is 192 g/mol. The van der Waals surface area contributed by atoms with Crippen molar-refractivity contribution in [2.75, 3.05) is 20.3 Å². The van der Waals surface area contributed by atoms with E-state index in [1.54, 1.807) is 0 Å². The van der Waals surface area contributed by atoms with E-state index in [1.165, 1.54) is 12.8 Å². The fraction of sp³-hybridized carbons (Fsp3) is 0.909. The predicted molar refractivity (Wildman–Crippen MR) is 57.5 cm³/mol. The summed E-state index contributed by atoms with van der Waals surface area (Å²) in [5.41, 5.74) is 0. The Kier molecular flexibility index (Phi) is 3.26. The summed E-state index contributed by atoms with van der Waals surface area (Å²) >= 11 is 0. The van der Waals surface area contributed by atoms with Crippen LogP contribution in [0, 0.1) is 11.8 Å². The molecule has 0 aromatic rings. The van der Waals surface area contributed by atoms with E-state index in [-0.39, 0.29) is 17.9 Å². The number of amides is 1. The molecule has 1 saturated carbocycles. The van der Waals surface area contributed by atoms with Gasteiger partial charge in [-0.3, -0.25) is 4.79 Å². The Bertz CT molecular complexity index is 241. The van der Waals surface area contributed by atoms with E-state index >= 15 is 0 Å². The summed E-state index contributed by atoms with van der Waals surface area (Å²) in [7, 11) is 1.88. The zero-order valence-corrected chi connectivity index (χ0v) is 9.45. The first kappa shape index (κ1) is 10.9. The van der Waals surface area contributed by atoms with Gasteiger partial charge in [-0.25, -0.2) is 0 Å². The monoisotopic (exact) mass is 212 g/mol. The van der Waals surface area contributed by atoms with E-state index in [4.69, 9.17) is 4.74 Å². The van der Waals surface area contributed by atoms with E-state index in [1.807, 2.05) is 7.05 Å². The molecule has 4 nitrogen and oxygen atoms in total. The van der Waals surface area contributed by atoms with Gasteiger partial charge < -0.3 is 15.4 Å². The topological polar surface area (TPSA) is 50.4 Å². The SMILES string of the molecule is CNC1COCC1C(=O)NC(C)C1CC1. The quantitative estimate of drug-likeness (QED) is 0.696. The maximum Gasteiger partial charge on any atom is 0.227 e.